The highest BCUT2D eigenvalue weighted by molar-refractivity contribution is 6.40. The lowest BCUT2D eigenvalue weighted by Crippen LogP contribution is -2.25. The summed E-state index contributed by atoms with van der Waals surface area (Å²) in [4.78, 5) is 17.1. The monoisotopic (exact) mass is 286 g/mol. The number of oxime groups is 1. The Bertz CT molecular complexity index is 637. The van der Waals surface area contributed by atoms with Crippen LogP contribution in [0.5, 0.6) is 0 Å². The van der Waals surface area contributed by atoms with E-state index in [0.717, 1.165) is 5.56 Å². The van der Waals surface area contributed by atoms with E-state index in [9.17, 15) is 10.0 Å². The maximum absolute atomic E-state index is 11.9. The summed E-state index contributed by atoms with van der Waals surface area (Å²) in [6, 6.07) is 12.4. The Morgan fingerprint density at radius 2 is 2.10 bits per heavy atom. The molecule has 0 saturated carbocycles. The number of carbonyl (C=O) groups excluding carboxylic acids is 1. The number of hydroxylamine groups is 2. The predicted octanol–water partition coefficient (Wildman–Crippen LogP) is 2.51. The SMILES string of the molecule is O=C1C(=NOCc2ccccc2)CC(c2ccco2)N1O. The van der Waals surface area contributed by atoms with Crippen molar-refractivity contribution < 1.29 is 19.3 Å². The Labute approximate surface area is 121 Å². The molecule has 1 unspecified atom stereocenters. The summed E-state index contributed by atoms with van der Waals surface area (Å²) < 4.78 is 5.21. The van der Waals surface area contributed by atoms with Crippen molar-refractivity contribution in [2.24, 2.45) is 5.16 Å². The van der Waals surface area contributed by atoms with E-state index in [1.807, 2.05) is 30.3 Å². The minimum atomic E-state index is -0.565. The molecule has 0 spiro atoms. The van der Waals surface area contributed by atoms with E-state index in [1.54, 1.807) is 12.1 Å². The van der Waals surface area contributed by atoms with Crippen LogP contribution in [-0.2, 0) is 16.2 Å². The fourth-order valence-corrected chi connectivity index (χ4v) is 2.17. The average Bonchev–Trinajstić information content (AvgIpc) is 3.12. The molecule has 2 heterocycles. The zero-order valence-electron chi connectivity index (χ0n) is 11.2. The maximum Gasteiger partial charge on any atom is 0.295 e. The van der Waals surface area contributed by atoms with Gasteiger partial charge in [-0.2, -0.15) is 0 Å². The molecule has 108 valence electrons. The molecule has 0 radical (unpaired) electrons. The van der Waals surface area contributed by atoms with Crippen molar-refractivity contribution in [3.05, 3.63) is 60.1 Å². The van der Waals surface area contributed by atoms with Gasteiger partial charge >= 0.3 is 0 Å². The molecular weight excluding hydrogens is 272 g/mol. The van der Waals surface area contributed by atoms with Crippen LogP contribution in [0, 0.1) is 0 Å². The molecular formula is C15H14N2O4. The lowest BCUT2D eigenvalue weighted by Gasteiger charge is -2.13. The number of amides is 1. The largest absolute Gasteiger partial charge is 0.467 e. The van der Waals surface area contributed by atoms with E-state index in [-0.39, 0.29) is 18.7 Å². The van der Waals surface area contributed by atoms with Gasteiger partial charge in [-0.1, -0.05) is 35.5 Å². The van der Waals surface area contributed by atoms with Crippen molar-refractivity contribution in [3.63, 3.8) is 0 Å². The summed E-state index contributed by atoms with van der Waals surface area (Å²) >= 11 is 0. The van der Waals surface area contributed by atoms with Gasteiger partial charge < -0.3 is 9.25 Å². The van der Waals surface area contributed by atoms with Crippen LogP contribution in [0.25, 0.3) is 0 Å². The van der Waals surface area contributed by atoms with Gasteiger partial charge in [0.15, 0.2) is 0 Å². The summed E-state index contributed by atoms with van der Waals surface area (Å²) in [5.74, 6) is -0.0522. The standard InChI is InChI=1S/C15H14N2O4/c18-15-12(16-21-10-11-5-2-1-3-6-11)9-13(17(15)19)14-7-4-8-20-14/h1-8,13,19H,9-10H2. The Morgan fingerprint density at radius 3 is 2.81 bits per heavy atom. The van der Waals surface area contributed by atoms with Gasteiger partial charge in [-0.3, -0.25) is 10.0 Å². The van der Waals surface area contributed by atoms with Gasteiger partial charge in [0.1, 0.15) is 24.1 Å². The first-order valence-electron chi connectivity index (χ1n) is 6.54. The number of benzene rings is 1. The van der Waals surface area contributed by atoms with E-state index >= 15 is 0 Å². The third kappa shape index (κ3) is 2.80. The van der Waals surface area contributed by atoms with Crippen molar-refractivity contribution in [2.75, 3.05) is 0 Å². The van der Waals surface area contributed by atoms with Crippen LogP contribution in [0.15, 0.2) is 58.3 Å². The van der Waals surface area contributed by atoms with Crippen LogP contribution in [0.2, 0.25) is 0 Å². The van der Waals surface area contributed by atoms with E-state index in [2.05, 4.69) is 5.16 Å². The summed E-state index contributed by atoms with van der Waals surface area (Å²) in [5.41, 5.74) is 1.13. The van der Waals surface area contributed by atoms with Gasteiger partial charge in [-0.15, -0.1) is 0 Å². The lowest BCUT2D eigenvalue weighted by atomic mass is 10.1. The third-order valence-corrected chi connectivity index (χ3v) is 3.26. The van der Waals surface area contributed by atoms with E-state index in [4.69, 9.17) is 9.25 Å². The number of furan rings is 1. The smallest absolute Gasteiger partial charge is 0.295 e. The number of rotatable bonds is 4. The Kier molecular flexibility index (Phi) is 3.70. The zero-order chi connectivity index (χ0) is 14.7. The van der Waals surface area contributed by atoms with E-state index < -0.39 is 11.9 Å². The molecule has 1 N–H and O–H groups in total. The molecule has 6 heteroatoms. The van der Waals surface area contributed by atoms with Gasteiger partial charge in [0.05, 0.1) is 6.26 Å². The zero-order valence-corrected chi connectivity index (χ0v) is 11.2. The van der Waals surface area contributed by atoms with Crippen LogP contribution in [0.4, 0.5) is 0 Å². The number of carbonyl (C=O) groups is 1. The quantitative estimate of drug-likeness (QED) is 0.692. The third-order valence-electron chi connectivity index (χ3n) is 3.26. The van der Waals surface area contributed by atoms with Gasteiger partial charge in [0, 0.05) is 6.42 Å². The first kappa shape index (κ1) is 13.4. The van der Waals surface area contributed by atoms with E-state index in [1.165, 1.54) is 6.26 Å². The van der Waals surface area contributed by atoms with Crippen LogP contribution >= 0.6 is 0 Å². The molecule has 2 aromatic rings. The van der Waals surface area contributed by atoms with Gasteiger partial charge in [-0.25, -0.2) is 5.06 Å². The van der Waals surface area contributed by atoms with Crippen LogP contribution in [-0.4, -0.2) is 21.9 Å². The van der Waals surface area contributed by atoms with Crippen LogP contribution < -0.4 is 0 Å². The summed E-state index contributed by atoms with van der Waals surface area (Å²) in [7, 11) is 0. The fourth-order valence-electron chi connectivity index (χ4n) is 2.17. The number of nitrogens with zero attached hydrogens (tertiary/aromatic N) is 2. The molecule has 3 rings (SSSR count). The summed E-state index contributed by atoms with van der Waals surface area (Å²) in [6.45, 7) is 0.272. The Balaban J connectivity index is 1.66. The molecule has 6 nitrogen and oxygen atoms in total. The first-order valence-corrected chi connectivity index (χ1v) is 6.54. The Hall–Kier alpha value is -2.60. The molecule has 1 aliphatic heterocycles. The normalized spacial score (nSPS) is 20.2. The van der Waals surface area contributed by atoms with Crippen molar-refractivity contribution in [3.8, 4) is 0 Å². The van der Waals surface area contributed by atoms with E-state index in [0.29, 0.717) is 10.8 Å². The highest BCUT2D eigenvalue weighted by Gasteiger charge is 2.39. The van der Waals surface area contributed by atoms with Crippen LogP contribution in [0.3, 0.4) is 0 Å². The second kappa shape index (κ2) is 5.80. The predicted molar refractivity (Wildman–Crippen MR) is 73.4 cm³/mol. The van der Waals surface area contributed by atoms with Crippen molar-refractivity contribution in [2.45, 2.75) is 19.1 Å². The minimum absolute atomic E-state index is 0.176. The highest BCUT2D eigenvalue weighted by atomic mass is 16.6. The molecule has 21 heavy (non-hydrogen) atoms. The van der Waals surface area contributed by atoms with Crippen molar-refractivity contribution in [1.29, 1.82) is 0 Å². The van der Waals surface area contributed by atoms with Crippen LogP contribution in [0.1, 0.15) is 23.8 Å². The second-order valence-electron chi connectivity index (χ2n) is 4.68. The molecule has 0 bridgehead atoms. The summed E-state index contributed by atoms with van der Waals surface area (Å²) in [5, 5.41) is 14.3. The molecule has 1 amide bonds. The molecule has 0 aliphatic carbocycles. The van der Waals surface area contributed by atoms with Crippen molar-refractivity contribution >= 4 is 11.6 Å². The second-order valence-corrected chi connectivity index (χ2v) is 4.68. The highest BCUT2D eigenvalue weighted by Crippen LogP contribution is 2.30. The molecule has 1 saturated heterocycles. The number of hydrogen-bond acceptors (Lipinski definition) is 5. The first-order chi connectivity index (χ1) is 10.3. The number of hydrogen-bond donors (Lipinski definition) is 1. The molecule has 1 aromatic heterocycles. The summed E-state index contributed by atoms with van der Waals surface area (Å²) in [6.07, 6.45) is 1.74. The van der Waals surface area contributed by atoms with Gasteiger partial charge in [-0.05, 0) is 17.7 Å². The maximum atomic E-state index is 11.9. The minimum Gasteiger partial charge on any atom is -0.467 e. The fraction of sp³-hybridized carbons (Fsp3) is 0.200. The van der Waals surface area contributed by atoms with Gasteiger partial charge in [0.25, 0.3) is 5.91 Å². The average molecular weight is 286 g/mol. The lowest BCUT2D eigenvalue weighted by molar-refractivity contribution is -0.163. The van der Waals surface area contributed by atoms with Crippen molar-refractivity contribution in [1.82, 2.24) is 5.06 Å². The molecule has 1 fully saturated rings. The molecule has 1 aromatic carbocycles. The Morgan fingerprint density at radius 1 is 1.29 bits per heavy atom. The topological polar surface area (TPSA) is 75.3 Å². The van der Waals surface area contributed by atoms with Gasteiger partial charge in [0.2, 0.25) is 0 Å². The molecule has 1 atom stereocenters. The molecule has 1 aliphatic rings.